The number of nitrogens with one attached hydrogen (secondary N) is 1. The Bertz CT molecular complexity index is 577. The van der Waals surface area contributed by atoms with Crippen LogP contribution in [0, 0.1) is 11.6 Å². The molecule has 4 nitrogen and oxygen atoms in total. The Morgan fingerprint density at radius 1 is 1.40 bits per heavy atom. The van der Waals surface area contributed by atoms with E-state index >= 15 is 0 Å². The van der Waals surface area contributed by atoms with E-state index in [2.05, 4.69) is 10.4 Å². The van der Waals surface area contributed by atoms with Gasteiger partial charge in [-0.25, -0.2) is 8.78 Å². The van der Waals surface area contributed by atoms with Crippen molar-refractivity contribution in [2.45, 2.75) is 19.5 Å². The third-order valence-electron chi connectivity index (χ3n) is 3.22. The van der Waals surface area contributed by atoms with Gasteiger partial charge in [-0.15, -0.1) is 0 Å². The summed E-state index contributed by atoms with van der Waals surface area (Å²) in [4.78, 5) is 0. The zero-order valence-electron chi connectivity index (χ0n) is 11.7. The molecule has 1 aromatic carbocycles. The number of benzene rings is 1. The first-order chi connectivity index (χ1) is 9.63. The van der Waals surface area contributed by atoms with Crippen molar-refractivity contribution in [1.29, 1.82) is 0 Å². The van der Waals surface area contributed by atoms with E-state index in [0.717, 1.165) is 6.07 Å². The first kappa shape index (κ1) is 14.5. The van der Waals surface area contributed by atoms with Crippen molar-refractivity contribution < 1.29 is 13.5 Å². The highest BCUT2D eigenvalue weighted by Gasteiger charge is 2.25. The Morgan fingerprint density at radius 3 is 2.75 bits per heavy atom. The molecular formula is C14H17F2N3O. The first-order valence-corrected chi connectivity index (χ1v) is 6.34. The lowest BCUT2D eigenvalue weighted by Gasteiger charge is -2.20. The van der Waals surface area contributed by atoms with Gasteiger partial charge in [-0.05, 0) is 20.0 Å². The number of nitrogens with zero attached hydrogens (tertiary/aromatic N) is 2. The number of ether oxygens (including phenoxy) is 1. The normalized spacial score (nSPS) is 12.4. The van der Waals surface area contributed by atoms with E-state index in [1.54, 1.807) is 24.0 Å². The number of hydrogen-bond donors (Lipinski definition) is 1. The molecule has 1 atom stereocenters. The molecule has 6 heteroatoms. The van der Waals surface area contributed by atoms with Crippen LogP contribution in [0.5, 0.6) is 5.75 Å². The standard InChI is InChI=1S/C14H17F2N3O/c1-4-19-14(11(20-3)8-18-19)13(17-2)9-6-5-7-10(15)12(9)16/h5-8,13,17H,4H2,1-3H3. The lowest BCUT2D eigenvalue weighted by molar-refractivity contribution is 0.398. The lowest BCUT2D eigenvalue weighted by atomic mass is 10.0. The summed E-state index contributed by atoms with van der Waals surface area (Å²) in [6.07, 6.45) is 1.57. The highest BCUT2D eigenvalue weighted by Crippen LogP contribution is 2.31. The van der Waals surface area contributed by atoms with Crippen LogP contribution in [0.25, 0.3) is 0 Å². The third-order valence-corrected chi connectivity index (χ3v) is 3.22. The van der Waals surface area contributed by atoms with E-state index in [9.17, 15) is 8.78 Å². The quantitative estimate of drug-likeness (QED) is 0.915. The van der Waals surface area contributed by atoms with Crippen molar-refractivity contribution in [3.63, 3.8) is 0 Å². The Hall–Kier alpha value is -1.95. The molecule has 1 N–H and O–H groups in total. The Morgan fingerprint density at radius 2 is 2.15 bits per heavy atom. The third kappa shape index (κ3) is 2.38. The molecule has 0 bridgehead atoms. The van der Waals surface area contributed by atoms with Crippen molar-refractivity contribution >= 4 is 0 Å². The van der Waals surface area contributed by atoms with Gasteiger partial charge in [0.05, 0.1) is 19.3 Å². The average Bonchev–Trinajstić information content (AvgIpc) is 2.87. The van der Waals surface area contributed by atoms with E-state index in [0.29, 0.717) is 18.0 Å². The maximum Gasteiger partial charge on any atom is 0.163 e. The second-order valence-electron chi connectivity index (χ2n) is 4.28. The van der Waals surface area contributed by atoms with Crippen molar-refractivity contribution in [1.82, 2.24) is 15.1 Å². The van der Waals surface area contributed by atoms with Crippen LogP contribution in [0.15, 0.2) is 24.4 Å². The van der Waals surface area contributed by atoms with Gasteiger partial charge < -0.3 is 10.1 Å². The molecule has 0 saturated heterocycles. The minimum absolute atomic E-state index is 0.223. The summed E-state index contributed by atoms with van der Waals surface area (Å²) in [6, 6.07) is 3.59. The fraction of sp³-hybridized carbons (Fsp3) is 0.357. The first-order valence-electron chi connectivity index (χ1n) is 6.34. The van der Waals surface area contributed by atoms with Gasteiger partial charge in [0.2, 0.25) is 0 Å². The molecule has 0 radical (unpaired) electrons. The van der Waals surface area contributed by atoms with Crippen molar-refractivity contribution in [2.75, 3.05) is 14.2 Å². The number of halogens is 2. The summed E-state index contributed by atoms with van der Waals surface area (Å²) in [6.45, 7) is 2.53. The summed E-state index contributed by atoms with van der Waals surface area (Å²) in [5.74, 6) is -1.20. The van der Waals surface area contributed by atoms with Crippen LogP contribution >= 0.6 is 0 Å². The predicted octanol–water partition coefficient (Wildman–Crippen LogP) is 2.50. The molecule has 20 heavy (non-hydrogen) atoms. The Kier molecular flexibility index (Phi) is 4.34. The van der Waals surface area contributed by atoms with Crippen LogP contribution in [0.1, 0.15) is 24.2 Å². The predicted molar refractivity (Wildman–Crippen MR) is 71.7 cm³/mol. The van der Waals surface area contributed by atoms with Gasteiger partial charge in [-0.3, -0.25) is 4.68 Å². The molecule has 1 aromatic heterocycles. The summed E-state index contributed by atoms with van der Waals surface area (Å²) >= 11 is 0. The monoisotopic (exact) mass is 281 g/mol. The van der Waals surface area contributed by atoms with Crippen LogP contribution in [0.2, 0.25) is 0 Å². The van der Waals surface area contributed by atoms with Gasteiger partial charge in [0.1, 0.15) is 5.69 Å². The van der Waals surface area contributed by atoms with Crippen LogP contribution in [-0.4, -0.2) is 23.9 Å². The minimum Gasteiger partial charge on any atom is -0.493 e. The molecule has 2 rings (SSSR count). The van der Waals surface area contributed by atoms with Crippen LogP contribution in [0.4, 0.5) is 8.78 Å². The van der Waals surface area contributed by atoms with Crippen LogP contribution < -0.4 is 10.1 Å². The summed E-state index contributed by atoms with van der Waals surface area (Å²) in [7, 11) is 3.20. The molecule has 0 aliphatic rings. The fourth-order valence-electron chi connectivity index (χ4n) is 2.26. The number of aromatic nitrogens is 2. The van der Waals surface area contributed by atoms with E-state index in [1.807, 2.05) is 6.92 Å². The second kappa shape index (κ2) is 6.00. The summed E-state index contributed by atoms with van der Waals surface area (Å²) in [5.41, 5.74) is 0.892. The maximum atomic E-state index is 14.0. The molecule has 0 saturated carbocycles. The molecule has 1 heterocycles. The highest BCUT2D eigenvalue weighted by molar-refractivity contribution is 5.37. The highest BCUT2D eigenvalue weighted by atomic mass is 19.2. The molecule has 2 aromatic rings. The molecule has 0 fully saturated rings. The molecule has 0 spiro atoms. The van der Waals surface area contributed by atoms with Crippen molar-refractivity contribution in [3.05, 3.63) is 47.3 Å². The van der Waals surface area contributed by atoms with Crippen LogP contribution in [-0.2, 0) is 6.54 Å². The summed E-state index contributed by atoms with van der Waals surface area (Å²) in [5, 5.41) is 7.18. The Balaban J connectivity index is 2.58. The Labute approximate surface area is 116 Å². The molecular weight excluding hydrogens is 264 g/mol. The number of methoxy groups -OCH3 is 1. The summed E-state index contributed by atoms with van der Waals surface area (Å²) < 4.78 is 34.4. The van der Waals surface area contributed by atoms with Crippen LogP contribution in [0.3, 0.4) is 0 Å². The molecule has 0 aliphatic carbocycles. The van der Waals surface area contributed by atoms with Gasteiger partial charge in [0.25, 0.3) is 0 Å². The van der Waals surface area contributed by atoms with Gasteiger partial charge >= 0.3 is 0 Å². The van der Waals surface area contributed by atoms with Gasteiger partial charge in [0.15, 0.2) is 17.4 Å². The molecule has 0 aliphatic heterocycles. The second-order valence-corrected chi connectivity index (χ2v) is 4.28. The smallest absolute Gasteiger partial charge is 0.163 e. The maximum absolute atomic E-state index is 14.0. The zero-order chi connectivity index (χ0) is 14.7. The number of aryl methyl sites for hydroxylation is 1. The largest absolute Gasteiger partial charge is 0.493 e. The van der Waals surface area contributed by atoms with Gasteiger partial charge in [-0.1, -0.05) is 12.1 Å². The van der Waals surface area contributed by atoms with Crippen molar-refractivity contribution in [3.8, 4) is 5.75 Å². The average molecular weight is 281 g/mol. The minimum atomic E-state index is -0.871. The fourth-order valence-corrected chi connectivity index (χ4v) is 2.26. The topological polar surface area (TPSA) is 39.1 Å². The number of rotatable bonds is 5. The van der Waals surface area contributed by atoms with E-state index in [-0.39, 0.29) is 5.56 Å². The van der Waals surface area contributed by atoms with Gasteiger partial charge in [0, 0.05) is 12.1 Å². The molecule has 108 valence electrons. The van der Waals surface area contributed by atoms with E-state index < -0.39 is 17.7 Å². The zero-order valence-corrected chi connectivity index (χ0v) is 11.7. The number of hydrogen-bond acceptors (Lipinski definition) is 3. The molecule has 0 amide bonds. The lowest BCUT2D eigenvalue weighted by Crippen LogP contribution is -2.23. The molecule has 1 unspecified atom stereocenters. The van der Waals surface area contributed by atoms with Gasteiger partial charge in [-0.2, -0.15) is 5.10 Å². The van der Waals surface area contributed by atoms with E-state index in [4.69, 9.17) is 4.74 Å². The van der Waals surface area contributed by atoms with Crippen molar-refractivity contribution in [2.24, 2.45) is 0 Å². The van der Waals surface area contributed by atoms with E-state index in [1.165, 1.54) is 13.2 Å². The SMILES string of the molecule is CCn1ncc(OC)c1C(NC)c1cccc(F)c1F.